The molecule has 2 rings (SSSR count). The van der Waals surface area contributed by atoms with E-state index in [1.54, 1.807) is 18.2 Å². The molecule has 116 valence electrons. The van der Waals surface area contributed by atoms with Crippen LogP contribution in [0.4, 0.5) is 5.69 Å². The highest BCUT2D eigenvalue weighted by Crippen LogP contribution is 2.09. The van der Waals surface area contributed by atoms with Crippen molar-refractivity contribution in [2.45, 2.75) is 0 Å². The Labute approximate surface area is 138 Å². The largest absolute Gasteiger partial charge is 0.478 e. The average Bonchev–Trinajstić information content (AvgIpc) is 2.54. The van der Waals surface area contributed by atoms with Crippen LogP contribution in [0.1, 0.15) is 15.9 Å². The Morgan fingerprint density at radius 1 is 1.00 bits per heavy atom. The number of rotatable bonds is 4. The maximum absolute atomic E-state index is 11.8. The second-order valence-corrected chi connectivity index (χ2v) is 4.98. The van der Waals surface area contributed by atoms with Crippen molar-refractivity contribution in [3.8, 4) is 0 Å². The lowest BCUT2D eigenvalue weighted by Gasteiger charge is -2.08. The molecule has 0 heterocycles. The van der Waals surface area contributed by atoms with Crippen molar-refractivity contribution in [3.63, 3.8) is 0 Å². The summed E-state index contributed by atoms with van der Waals surface area (Å²) in [6.45, 7) is 0. The van der Waals surface area contributed by atoms with Crippen molar-refractivity contribution in [1.29, 1.82) is 0 Å². The monoisotopic (exact) mass is 326 g/mol. The topological polar surface area (TPSA) is 78.4 Å². The van der Waals surface area contributed by atoms with Crippen molar-refractivity contribution in [2.24, 2.45) is 0 Å². The van der Waals surface area contributed by atoms with E-state index in [4.69, 9.17) is 17.3 Å². The highest BCUT2D eigenvalue weighted by Gasteiger charge is 2.04. The van der Waals surface area contributed by atoms with Gasteiger partial charge in [-0.05, 0) is 48.1 Å². The lowest BCUT2D eigenvalue weighted by molar-refractivity contribution is -0.115. The van der Waals surface area contributed by atoms with Gasteiger partial charge in [-0.15, -0.1) is 0 Å². The van der Waals surface area contributed by atoms with Gasteiger partial charge in [-0.25, -0.2) is 4.79 Å². The molecule has 0 saturated carbocycles. The van der Waals surface area contributed by atoms with Crippen molar-refractivity contribution >= 4 is 41.0 Å². The first-order valence-electron chi connectivity index (χ1n) is 6.73. The van der Waals surface area contributed by atoms with Gasteiger partial charge in [0.15, 0.2) is 5.11 Å². The van der Waals surface area contributed by atoms with Crippen LogP contribution in [0.2, 0.25) is 0 Å². The van der Waals surface area contributed by atoms with Crippen molar-refractivity contribution in [3.05, 3.63) is 71.8 Å². The van der Waals surface area contributed by atoms with Gasteiger partial charge >= 0.3 is 5.97 Å². The van der Waals surface area contributed by atoms with E-state index in [9.17, 15) is 9.59 Å². The van der Waals surface area contributed by atoms with Gasteiger partial charge in [0.05, 0.1) is 5.56 Å². The second-order valence-electron chi connectivity index (χ2n) is 4.57. The fourth-order valence-electron chi connectivity index (χ4n) is 1.75. The molecule has 0 fully saturated rings. The van der Waals surface area contributed by atoms with Gasteiger partial charge in [-0.2, -0.15) is 0 Å². The highest BCUT2D eigenvalue weighted by atomic mass is 32.1. The fraction of sp³-hybridized carbons (Fsp3) is 0. The minimum absolute atomic E-state index is 0.135. The van der Waals surface area contributed by atoms with Crippen LogP contribution in [0.15, 0.2) is 60.7 Å². The standard InChI is InChI=1S/C17H14N2O3S/c20-15(11-6-12-4-2-1-3-5-12)19-17(23)18-14-9-7-13(8-10-14)16(21)22/h1-11H,(H,21,22)(H2,18,19,20,23)/b11-6-. The molecule has 6 heteroatoms. The smallest absolute Gasteiger partial charge is 0.335 e. The maximum atomic E-state index is 11.8. The molecule has 0 radical (unpaired) electrons. The average molecular weight is 326 g/mol. The Kier molecular flexibility index (Phi) is 5.60. The SMILES string of the molecule is O=C(/C=C\c1ccccc1)NC(=S)Nc1ccc(C(=O)O)cc1. The summed E-state index contributed by atoms with van der Waals surface area (Å²) in [5, 5.41) is 14.3. The molecular weight excluding hydrogens is 312 g/mol. The van der Waals surface area contributed by atoms with Crippen LogP contribution in [0, 0.1) is 0 Å². The predicted molar refractivity (Wildman–Crippen MR) is 93.2 cm³/mol. The summed E-state index contributed by atoms with van der Waals surface area (Å²) < 4.78 is 0. The summed E-state index contributed by atoms with van der Waals surface area (Å²) in [5.74, 6) is -1.35. The first-order valence-corrected chi connectivity index (χ1v) is 7.14. The Balaban J connectivity index is 1.87. The van der Waals surface area contributed by atoms with Crippen LogP contribution in [0.3, 0.4) is 0 Å². The summed E-state index contributed by atoms with van der Waals surface area (Å²) in [6.07, 6.45) is 3.07. The fourth-order valence-corrected chi connectivity index (χ4v) is 1.97. The molecule has 5 nitrogen and oxygen atoms in total. The molecule has 3 N–H and O–H groups in total. The molecule has 0 spiro atoms. The minimum Gasteiger partial charge on any atom is -0.478 e. The first kappa shape index (κ1) is 16.4. The summed E-state index contributed by atoms with van der Waals surface area (Å²) in [7, 11) is 0. The van der Waals surface area contributed by atoms with Crippen molar-refractivity contribution in [1.82, 2.24) is 5.32 Å². The zero-order valence-corrected chi connectivity index (χ0v) is 12.8. The van der Waals surface area contributed by atoms with Crippen LogP contribution in [-0.4, -0.2) is 22.1 Å². The third kappa shape index (κ3) is 5.37. The number of nitrogens with one attached hydrogen (secondary N) is 2. The summed E-state index contributed by atoms with van der Waals surface area (Å²) in [5.41, 5.74) is 1.68. The van der Waals surface area contributed by atoms with Crippen molar-refractivity contribution < 1.29 is 14.7 Å². The lowest BCUT2D eigenvalue weighted by atomic mass is 10.2. The molecule has 0 aromatic heterocycles. The molecule has 0 bridgehead atoms. The molecule has 0 aliphatic rings. The van der Waals surface area contributed by atoms with Crippen LogP contribution in [0.25, 0.3) is 6.08 Å². The molecule has 0 atom stereocenters. The second kappa shape index (κ2) is 7.86. The molecule has 23 heavy (non-hydrogen) atoms. The van der Waals surface area contributed by atoms with E-state index < -0.39 is 5.97 Å². The van der Waals surface area contributed by atoms with E-state index in [-0.39, 0.29) is 16.6 Å². The van der Waals surface area contributed by atoms with Crippen molar-refractivity contribution in [2.75, 3.05) is 5.32 Å². The molecule has 0 saturated heterocycles. The number of thiocarbonyl (C=S) groups is 1. The Morgan fingerprint density at radius 2 is 1.65 bits per heavy atom. The number of hydrogen-bond donors (Lipinski definition) is 3. The highest BCUT2D eigenvalue weighted by molar-refractivity contribution is 7.80. The zero-order chi connectivity index (χ0) is 16.7. The molecule has 0 unspecified atom stereocenters. The number of hydrogen-bond acceptors (Lipinski definition) is 3. The molecule has 0 aliphatic heterocycles. The van der Waals surface area contributed by atoms with E-state index in [1.807, 2.05) is 30.3 Å². The number of aromatic carboxylic acids is 1. The molecule has 1 amide bonds. The third-order valence-corrected chi connectivity index (χ3v) is 3.06. The Morgan fingerprint density at radius 3 is 2.26 bits per heavy atom. The number of anilines is 1. The van der Waals surface area contributed by atoms with Gasteiger partial charge in [0.2, 0.25) is 5.91 Å². The Hall–Kier alpha value is -2.99. The number of carboxylic acid groups (broad SMARTS) is 1. The van der Waals surface area contributed by atoms with E-state index in [2.05, 4.69) is 10.6 Å². The van der Waals surface area contributed by atoms with E-state index >= 15 is 0 Å². The number of amides is 1. The predicted octanol–water partition coefficient (Wildman–Crippen LogP) is 2.91. The number of carboxylic acids is 1. The minimum atomic E-state index is -1.00. The normalized spacial score (nSPS) is 10.3. The number of benzene rings is 2. The summed E-state index contributed by atoms with van der Waals surface area (Å²) in [6, 6.07) is 15.5. The summed E-state index contributed by atoms with van der Waals surface area (Å²) >= 11 is 5.03. The molecule has 2 aromatic rings. The van der Waals surface area contributed by atoms with Crippen LogP contribution in [-0.2, 0) is 4.79 Å². The van der Waals surface area contributed by atoms with Gasteiger partial charge in [0, 0.05) is 11.8 Å². The van der Waals surface area contributed by atoms with E-state index in [1.165, 1.54) is 18.2 Å². The first-order chi connectivity index (χ1) is 11.0. The molecule has 2 aromatic carbocycles. The van der Waals surface area contributed by atoms with Crippen LogP contribution < -0.4 is 10.6 Å². The van der Waals surface area contributed by atoms with Gasteiger partial charge in [0.1, 0.15) is 0 Å². The van der Waals surface area contributed by atoms with Crippen LogP contribution in [0.5, 0.6) is 0 Å². The Bertz CT molecular complexity index is 740. The molecule has 0 aliphatic carbocycles. The molecular formula is C17H14N2O3S. The van der Waals surface area contributed by atoms with E-state index in [0.29, 0.717) is 5.69 Å². The third-order valence-electron chi connectivity index (χ3n) is 2.85. The van der Waals surface area contributed by atoms with Gasteiger partial charge < -0.3 is 10.4 Å². The van der Waals surface area contributed by atoms with E-state index in [0.717, 1.165) is 5.56 Å². The summed E-state index contributed by atoms with van der Waals surface area (Å²) in [4.78, 5) is 22.5. The van der Waals surface area contributed by atoms with Crippen LogP contribution >= 0.6 is 12.2 Å². The maximum Gasteiger partial charge on any atom is 0.335 e. The van der Waals surface area contributed by atoms with Gasteiger partial charge in [-0.1, -0.05) is 30.3 Å². The number of carbonyl (C=O) groups excluding carboxylic acids is 1. The number of carbonyl (C=O) groups is 2. The lowest BCUT2D eigenvalue weighted by Crippen LogP contribution is -2.32. The quantitative estimate of drug-likeness (QED) is 0.595. The van der Waals surface area contributed by atoms with Gasteiger partial charge in [0.25, 0.3) is 0 Å². The zero-order valence-electron chi connectivity index (χ0n) is 12.0. The van der Waals surface area contributed by atoms with Gasteiger partial charge in [-0.3, -0.25) is 10.1 Å².